The van der Waals surface area contributed by atoms with Crippen LogP contribution < -0.4 is 5.32 Å². The van der Waals surface area contributed by atoms with Crippen molar-refractivity contribution in [1.82, 2.24) is 14.9 Å². The van der Waals surface area contributed by atoms with E-state index in [1.165, 1.54) is 0 Å². The molecule has 0 spiro atoms. The molecule has 2 N–H and O–H groups in total. The highest BCUT2D eigenvalue weighted by Crippen LogP contribution is 1.98. The predicted octanol–water partition coefficient (Wildman–Crippen LogP) is 0.254. The molecule has 0 radical (unpaired) electrons. The summed E-state index contributed by atoms with van der Waals surface area (Å²) in [6.07, 6.45) is 3.45. The van der Waals surface area contributed by atoms with Crippen LogP contribution in [0, 0.1) is 6.92 Å². The average molecular weight is 197 g/mol. The second-order valence-electron chi connectivity index (χ2n) is 3.08. The van der Waals surface area contributed by atoms with Gasteiger partial charge in [0, 0.05) is 18.9 Å². The average Bonchev–Trinajstić information content (AvgIpc) is 2.51. The highest BCUT2D eigenvalue weighted by molar-refractivity contribution is 5.73. The molecule has 1 atom stereocenters. The number of nitrogens with zero attached hydrogens (tertiary/aromatic N) is 2. The molecule has 0 aliphatic carbocycles. The van der Waals surface area contributed by atoms with Crippen LogP contribution in [0.1, 0.15) is 12.7 Å². The molecule has 0 bridgehead atoms. The maximum atomic E-state index is 10.8. The maximum Gasteiger partial charge on any atom is 0.322 e. The molecule has 0 saturated heterocycles. The number of rotatable bonds is 5. The van der Waals surface area contributed by atoms with Crippen molar-refractivity contribution in [2.24, 2.45) is 0 Å². The number of aliphatic carboxylic acids is 1. The Morgan fingerprint density at radius 3 is 2.93 bits per heavy atom. The maximum absolute atomic E-state index is 10.8. The van der Waals surface area contributed by atoms with Crippen molar-refractivity contribution < 1.29 is 9.90 Å². The number of nitrogens with one attached hydrogen (secondary N) is 1. The molecule has 1 aromatic rings. The van der Waals surface area contributed by atoms with Crippen LogP contribution in [0.3, 0.4) is 0 Å². The van der Waals surface area contributed by atoms with E-state index in [0.717, 1.165) is 5.82 Å². The lowest BCUT2D eigenvalue weighted by molar-refractivity contribution is -0.139. The van der Waals surface area contributed by atoms with E-state index in [4.69, 9.17) is 5.11 Å². The van der Waals surface area contributed by atoms with Crippen molar-refractivity contribution in [2.75, 3.05) is 6.54 Å². The first kappa shape index (κ1) is 10.7. The zero-order valence-electron chi connectivity index (χ0n) is 8.40. The smallest absolute Gasteiger partial charge is 0.322 e. The van der Waals surface area contributed by atoms with Crippen molar-refractivity contribution in [3.8, 4) is 0 Å². The minimum atomic E-state index is -0.833. The molecule has 14 heavy (non-hydrogen) atoms. The first-order chi connectivity index (χ1) is 6.65. The van der Waals surface area contributed by atoms with Crippen LogP contribution in [0.5, 0.6) is 0 Å². The van der Waals surface area contributed by atoms with Gasteiger partial charge >= 0.3 is 5.97 Å². The van der Waals surface area contributed by atoms with E-state index in [1.54, 1.807) is 12.4 Å². The van der Waals surface area contributed by atoms with E-state index in [0.29, 0.717) is 13.1 Å². The van der Waals surface area contributed by atoms with Crippen molar-refractivity contribution in [2.45, 2.75) is 26.4 Å². The minimum Gasteiger partial charge on any atom is -0.480 e. The number of aryl methyl sites for hydroxylation is 1. The summed E-state index contributed by atoms with van der Waals surface area (Å²) in [5, 5.41) is 11.8. The number of hydrogen-bond acceptors (Lipinski definition) is 3. The number of carboxylic acid groups (broad SMARTS) is 1. The molecule has 1 unspecified atom stereocenters. The highest BCUT2D eigenvalue weighted by atomic mass is 16.4. The molecule has 0 aliphatic heterocycles. The van der Waals surface area contributed by atoms with E-state index < -0.39 is 12.0 Å². The van der Waals surface area contributed by atoms with Crippen molar-refractivity contribution in [3.05, 3.63) is 18.2 Å². The second-order valence-corrected chi connectivity index (χ2v) is 3.08. The molecule has 1 aromatic heterocycles. The number of likely N-dealkylation sites (N-methyl/N-ethyl adjacent to an activating group) is 1. The molecule has 0 saturated carbocycles. The Morgan fingerprint density at radius 1 is 1.79 bits per heavy atom. The summed E-state index contributed by atoms with van der Waals surface area (Å²) >= 11 is 0. The Balaban J connectivity index is 2.64. The van der Waals surface area contributed by atoms with Gasteiger partial charge in [-0.15, -0.1) is 0 Å². The Labute approximate surface area is 82.8 Å². The number of aromatic nitrogens is 2. The summed E-state index contributed by atoms with van der Waals surface area (Å²) in [4.78, 5) is 14.9. The van der Waals surface area contributed by atoms with Gasteiger partial charge in [-0.05, 0) is 13.5 Å². The van der Waals surface area contributed by atoms with Crippen molar-refractivity contribution in [3.63, 3.8) is 0 Å². The van der Waals surface area contributed by atoms with Gasteiger partial charge < -0.3 is 15.0 Å². The van der Waals surface area contributed by atoms with Gasteiger partial charge in [0.15, 0.2) is 0 Å². The van der Waals surface area contributed by atoms with Crippen LogP contribution in [0.4, 0.5) is 0 Å². The monoisotopic (exact) mass is 197 g/mol. The molecule has 5 heteroatoms. The number of hydrogen-bond donors (Lipinski definition) is 2. The van der Waals surface area contributed by atoms with Gasteiger partial charge in [-0.2, -0.15) is 0 Å². The van der Waals surface area contributed by atoms with E-state index in [9.17, 15) is 4.79 Å². The van der Waals surface area contributed by atoms with Gasteiger partial charge in [0.25, 0.3) is 0 Å². The molecule has 1 rings (SSSR count). The van der Waals surface area contributed by atoms with Gasteiger partial charge in [0.1, 0.15) is 11.9 Å². The minimum absolute atomic E-state index is 0.412. The molecule has 1 heterocycles. The summed E-state index contributed by atoms with van der Waals surface area (Å²) in [7, 11) is 0. The van der Waals surface area contributed by atoms with Crippen molar-refractivity contribution >= 4 is 5.97 Å². The standard InChI is InChI=1S/C9H15N3O2/c1-3-10-8(9(13)14)6-12-5-4-11-7(12)2/h4-5,8,10H,3,6H2,1-2H3,(H,13,14). The normalized spacial score (nSPS) is 12.7. The Morgan fingerprint density at radius 2 is 2.50 bits per heavy atom. The van der Waals surface area contributed by atoms with Gasteiger partial charge in [0.05, 0.1) is 0 Å². The Hall–Kier alpha value is -1.36. The largest absolute Gasteiger partial charge is 0.480 e. The molecule has 0 fully saturated rings. The third-order valence-electron chi connectivity index (χ3n) is 2.05. The SMILES string of the molecule is CCNC(Cn1ccnc1C)C(=O)O. The summed E-state index contributed by atoms with van der Waals surface area (Å²) in [6, 6.07) is -0.548. The first-order valence-electron chi connectivity index (χ1n) is 4.59. The number of carbonyl (C=O) groups is 1. The summed E-state index contributed by atoms with van der Waals surface area (Å²) in [6.45, 7) is 4.79. The summed E-state index contributed by atoms with van der Waals surface area (Å²) in [5.41, 5.74) is 0. The second kappa shape index (κ2) is 4.76. The summed E-state index contributed by atoms with van der Waals surface area (Å²) in [5.74, 6) is -0.00546. The Kier molecular flexibility index (Phi) is 3.64. The van der Waals surface area contributed by atoms with Crippen molar-refractivity contribution in [1.29, 1.82) is 0 Å². The number of imidazole rings is 1. The predicted molar refractivity (Wildman–Crippen MR) is 52.1 cm³/mol. The molecule has 0 aliphatic rings. The summed E-state index contributed by atoms with van der Waals surface area (Å²) < 4.78 is 1.82. The van der Waals surface area contributed by atoms with Gasteiger partial charge in [-0.1, -0.05) is 6.92 Å². The topological polar surface area (TPSA) is 67.2 Å². The van der Waals surface area contributed by atoms with E-state index in [2.05, 4.69) is 10.3 Å². The van der Waals surface area contributed by atoms with Gasteiger partial charge in [-0.3, -0.25) is 4.79 Å². The lowest BCUT2D eigenvalue weighted by Crippen LogP contribution is -2.40. The lowest BCUT2D eigenvalue weighted by atomic mass is 10.3. The number of carboxylic acids is 1. The zero-order valence-corrected chi connectivity index (χ0v) is 8.40. The highest BCUT2D eigenvalue weighted by Gasteiger charge is 2.16. The third-order valence-corrected chi connectivity index (χ3v) is 2.05. The fourth-order valence-electron chi connectivity index (χ4n) is 1.27. The molecule has 0 aromatic carbocycles. The molecule has 5 nitrogen and oxygen atoms in total. The lowest BCUT2D eigenvalue weighted by Gasteiger charge is -2.14. The third kappa shape index (κ3) is 2.56. The molecular formula is C9H15N3O2. The van der Waals surface area contributed by atoms with Crippen LogP contribution in [0.25, 0.3) is 0 Å². The van der Waals surface area contributed by atoms with Crippen LogP contribution in [0.2, 0.25) is 0 Å². The molecular weight excluding hydrogens is 182 g/mol. The van der Waals surface area contributed by atoms with Gasteiger partial charge in [0.2, 0.25) is 0 Å². The Bertz CT molecular complexity index is 309. The quantitative estimate of drug-likeness (QED) is 0.710. The van der Waals surface area contributed by atoms with Crippen LogP contribution in [-0.2, 0) is 11.3 Å². The van der Waals surface area contributed by atoms with Crippen LogP contribution in [0.15, 0.2) is 12.4 Å². The van der Waals surface area contributed by atoms with Crippen LogP contribution in [-0.4, -0.2) is 33.2 Å². The van der Waals surface area contributed by atoms with Gasteiger partial charge in [-0.25, -0.2) is 4.98 Å². The molecule has 78 valence electrons. The first-order valence-corrected chi connectivity index (χ1v) is 4.59. The fourth-order valence-corrected chi connectivity index (χ4v) is 1.27. The van der Waals surface area contributed by atoms with E-state index in [-0.39, 0.29) is 0 Å². The zero-order chi connectivity index (χ0) is 10.6. The molecule has 0 amide bonds. The van der Waals surface area contributed by atoms with E-state index in [1.807, 2.05) is 18.4 Å². The fraction of sp³-hybridized carbons (Fsp3) is 0.556. The van der Waals surface area contributed by atoms with Crippen LogP contribution >= 0.6 is 0 Å². The van der Waals surface area contributed by atoms with E-state index >= 15 is 0 Å².